The molecule has 4 N–H and O–H groups in total. The van der Waals surface area contributed by atoms with Crippen LogP contribution < -0.4 is 20.8 Å². The van der Waals surface area contributed by atoms with Crippen molar-refractivity contribution in [3.63, 3.8) is 0 Å². The van der Waals surface area contributed by atoms with Gasteiger partial charge in [0.1, 0.15) is 11.8 Å². The van der Waals surface area contributed by atoms with Crippen LogP contribution in [-0.2, 0) is 16.1 Å². The summed E-state index contributed by atoms with van der Waals surface area (Å²) in [6.45, 7) is 5.63. The van der Waals surface area contributed by atoms with Crippen LogP contribution in [0.1, 0.15) is 44.6 Å². The lowest BCUT2D eigenvalue weighted by Crippen LogP contribution is -2.57. The number of ether oxygens (including phenoxy) is 1. The van der Waals surface area contributed by atoms with Gasteiger partial charge in [0.25, 0.3) is 5.91 Å². The van der Waals surface area contributed by atoms with Crippen LogP contribution >= 0.6 is 0 Å². The van der Waals surface area contributed by atoms with E-state index < -0.39 is 6.04 Å². The highest BCUT2D eigenvalue weighted by molar-refractivity contribution is 6.07. The minimum Gasteiger partial charge on any atom is -0.494 e. The summed E-state index contributed by atoms with van der Waals surface area (Å²) >= 11 is 0. The highest BCUT2D eigenvalue weighted by Gasteiger charge is 2.38. The molecule has 0 radical (unpaired) electrons. The zero-order valence-electron chi connectivity index (χ0n) is 19.2. The second kappa shape index (κ2) is 11.0. The molecule has 10 nitrogen and oxygen atoms in total. The number of unbranched alkanes of at least 4 members (excludes halogenated alkanes) is 3. The Bertz CT molecular complexity index is 892. The lowest BCUT2D eigenvalue weighted by molar-refractivity contribution is -0.127. The number of rotatable bonds is 10. The zero-order chi connectivity index (χ0) is 23.2. The Morgan fingerprint density at radius 3 is 2.97 bits per heavy atom. The van der Waals surface area contributed by atoms with Crippen molar-refractivity contribution in [1.29, 1.82) is 0 Å². The number of hydrogen-bond acceptors (Lipinski definition) is 8. The maximum Gasteiger partial charge on any atom is 0.251 e. The zero-order valence-corrected chi connectivity index (χ0v) is 19.2. The third-order valence-corrected chi connectivity index (χ3v) is 6.31. The van der Waals surface area contributed by atoms with E-state index in [0.29, 0.717) is 31.6 Å². The molecule has 1 aromatic rings. The summed E-state index contributed by atoms with van der Waals surface area (Å²) in [6, 6.07) is 5.46. The number of nitrogens with zero attached hydrogens (tertiary/aromatic N) is 3. The molecule has 0 saturated carbocycles. The van der Waals surface area contributed by atoms with Gasteiger partial charge in [0.05, 0.1) is 18.9 Å². The number of hydrogen-bond donors (Lipinski definition) is 4. The van der Waals surface area contributed by atoms with Crippen LogP contribution in [0.5, 0.6) is 5.75 Å². The van der Waals surface area contributed by atoms with Crippen molar-refractivity contribution in [1.82, 2.24) is 26.0 Å². The van der Waals surface area contributed by atoms with Gasteiger partial charge in [0.15, 0.2) is 0 Å². The smallest absolute Gasteiger partial charge is 0.251 e. The van der Waals surface area contributed by atoms with Crippen molar-refractivity contribution in [2.75, 3.05) is 32.8 Å². The first kappa shape index (κ1) is 23.5. The standard InChI is InChI=1S/C23H34N6O4/c1-16-13-24-9-10-29(16)27-21(31)6-4-2-3-5-11-33-18-7-8-19-17(12-18)14-28-20(15-30)22(32)26-23(28)25-19/h7-8,12,16,20,24,30H,2-6,9-11,13-15H2,1H3,(H,27,31)(H,25,26,32). The summed E-state index contributed by atoms with van der Waals surface area (Å²) in [5.74, 6) is 1.14. The molecule has 0 aromatic heterocycles. The first-order valence-electron chi connectivity index (χ1n) is 11.8. The molecule has 2 unspecified atom stereocenters. The van der Waals surface area contributed by atoms with Crippen molar-refractivity contribution < 1.29 is 19.4 Å². The Labute approximate surface area is 194 Å². The predicted molar refractivity (Wildman–Crippen MR) is 124 cm³/mol. The van der Waals surface area contributed by atoms with Gasteiger partial charge in [0, 0.05) is 44.2 Å². The van der Waals surface area contributed by atoms with E-state index in [1.807, 2.05) is 23.2 Å². The van der Waals surface area contributed by atoms with Crippen LogP contribution in [0.15, 0.2) is 23.2 Å². The van der Waals surface area contributed by atoms with Crippen molar-refractivity contribution in [3.05, 3.63) is 23.8 Å². The van der Waals surface area contributed by atoms with E-state index in [4.69, 9.17) is 4.74 Å². The second-order valence-corrected chi connectivity index (χ2v) is 8.84. The van der Waals surface area contributed by atoms with E-state index in [9.17, 15) is 14.7 Å². The molecule has 4 rings (SSSR count). The van der Waals surface area contributed by atoms with Gasteiger partial charge in [-0.25, -0.2) is 10.0 Å². The fourth-order valence-corrected chi connectivity index (χ4v) is 4.35. The van der Waals surface area contributed by atoms with Gasteiger partial charge in [0.2, 0.25) is 11.9 Å². The van der Waals surface area contributed by atoms with Crippen LogP contribution in [0.2, 0.25) is 0 Å². The number of fused-ring (bicyclic) bond motifs is 2. The van der Waals surface area contributed by atoms with E-state index in [1.165, 1.54) is 0 Å². The molecule has 180 valence electrons. The van der Waals surface area contributed by atoms with Gasteiger partial charge in [-0.3, -0.25) is 20.3 Å². The predicted octanol–water partition coefficient (Wildman–Crippen LogP) is 0.635. The summed E-state index contributed by atoms with van der Waals surface area (Å²) < 4.78 is 5.91. The number of aliphatic hydroxyl groups excluding tert-OH is 1. The van der Waals surface area contributed by atoms with Gasteiger partial charge in [-0.15, -0.1) is 0 Å². The molecule has 2 fully saturated rings. The molecule has 3 aliphatic rings. The molecular formula is C23H34N6O4. The van der Waals surface area contributed by atoms with Crippen LogP contribution in [0.4, 0.5) is 5.69 Å². The van der Waals surface area contributed by atoms with E-state index in [0.717, 1.165) is 62.3 Å². The Kier molecular flexibility index (Phi) is 7.79. The van der Waals surface area contributed by atoms with E-state index in [1.54, 1.807) is 4.90 Å². The maximum absolute atomic E-state index is 12.1. The van der Waals surface area contributed by atoms with Gasteiger partial charge in [-0.05, 0) is 38.0 Å². The quantitative estimate of drug-likeness (QED) is 0.380. The number of carbonyl (C=O) groups is 2. The van der Waals surface area contributed by atoms with Crippen LogP contribution in [0.25, 0.3) is 0 Å². The van der Waals surface area contributed by atoms with Crippen molar-refractivity contribution in [2.45, 2.75) is 57.7 Å². The van der Waals surface area contributed by atoms with Crippen molar-refractivity contribution in [2.24, 2.45) is 4.99 Å². The summed E-state index contributed by atoms with van der Waals surface area (Å²) in [5, 5.41) is 17.5. The molecule has 2 saturated heterocycles. The van der Waals surface area contributed by atoms with Crippen LogP contribution in [0, 0.1) is 0 Å². The highest BCUT2D eigenvalue weighted by atomic mass is 16.5. The number of guanidine groups is 1. The Hall–Kier alpha value is -2.69. The number of nitrogens with one attached hydrogen (secondary N) is 3. The highest BCUT2D eigenvalue weighted by Crippen LogP contribution is 2.31. The van der Waals surface area contributed by atoms with E-state index in [2.05, 4.69) is 28.0 Å². The van der Waals surface area contributed by atoms with E-state index in [-0.39, 0.29) is 18.4 Å². The first-order valence-corrected chi connectivity index (χ1v) is 11.8. The number of aliphatic imine (C=N–C) groups is 1. The molecule has 10 heteroatoms. The molecule has 0 aliphatic carbocycles. The molecule has 33 heavy (non-hydrogen) atoms. The first-order chi connectivity index (χ1) is 16.0. The molecule has 0 spiro atoms. The third-order valence-electron chi connectivity index (χ3n) is 6.31. The number of amides is 2. The molecule has 0 bridgehead atoms. The van der Waals surface area contributed by atoms with Crippen LogP contribution in [0.3, 0.4) is 0 Å². The van der Waals surface area contributed by atoms with E-state index >= 15 is 0 Å². The Morgan fingerprint density at radius 2 is 2.15 bits per heavy atom. The average Bonchev–Trinajstić information content (AvgIpc) is 3.12. The summed E-state index contributed by atoms with van der Waals surface area (Å²) in [7, 11) is 0. The number of carbonyl (C=O) groups excluding carboxylic acids is 2. The molecule has 2 amide bonds. The van der Waals surface area contributed by atoms with Crippen molar-refractivity contribution >= 4 is 23.5 Å². The molecule has 3 aliphatic heterocycles. The third kappa shape index (κ3) is 5.82. The number of benzene rings is 1. The summed E-state index contributed by atoms with van der Waals surface area (Å²) in [6.07, 6.45) is 4.35. The minimum atomic E-state index is -0.594. The topological polar surface area (TPSA) is 119 Å². The second-order valence-electron chi connectivity index (χ2n) is 8.84. The van der Waals surface area contributed by atoms with Crippen LogP contribution in [-0.4, -0.2) is 77.7 Å². The normalized spacial score (nSPS) is 22.3. The van der Waals surface area contributed by atoms with Gasteiger partial charge in [-0.1, -0.05) is 12.8 Å². The SMILES string of the molecule is CC1CNCCN1NC(=O)CCCCCCOc1ccc2c(c1)CN1C(=N2)NC(=O)C1CO. The fourth-order valence-electron chi connectivity index (χ4n) is 4.35. The lowest BCUT2D eigenvalue weighted by Gasteiger charge is -2.33. The molecule has 1 aromatic carbocycles. The fraction of sp³-hybridized carbons (Fsp3) is 0.609. The Morgan fingerprint density at radius 1 is 1.30 bits per heavy atom. The summed E-state index contributed by atoms with van der Waals surface area (Å²) in [5.41, 5.74) is 4.80. The molecule has 2 atom stereocenters. The number of aliphatic hydroxyl groups is 1. The monoisotopic (exact) mass is 458 g/mol. The number of piperazine rings is 1. The van der Waals surface area contributed by atoms with Crippen molar-refractivity contribution in [3.8, 4) is 5.75 Å². The maximum atomic E-state index is 12.1. The van der Waals surface area contributed by atoms with Gasteiger partial charge < -0.3 is 20.1 Å². The average molecular weight is 459 g/mol. The summed E-state index contributed by atoms with van der Waals surface area (Å²) in [4.78, 5) is 30.3. The Balaban J connectivity index is 1.13. The molecule has 3 heterocycles. The van der Waals surface area contributed by atoms with Gasteiger partial charge >= 0.3 is 0 Å². The minimum absolute atomic E-state index is 0.0956. The molecular weight excluding hydrogens is 424 g/mol. The number of hydrazine groups is 1. The van der Waals surface area contributed by atoms with Gasteiger partial charge in [-0.2, -0.15) is 0 Å². The largest absolute Gasteiger partial charge is 0.494 e. The lowest BCUT2D eigenvalue weighted by atomic mass is 10.1.